The van der Waals surface area contributed by atoms with Crippen molar-refractivity contribution in [3.05, 3.63) is 35.4 Å². The van der Waals surface area contributed by atoms with Crippen molar-refractivity contribution in [2.45, 2.75) is 18.7 Å². The second kappa shape index (κ2) is 6.07. The Morgan fingerprint density at radius 3 is 3.18 bits per heavy atom. The first kappa shape index (κ1) is 12.5. The molecule has 0 radical (unpaired) electrons. The molecule has 0 amide bonds. The minimum Gasteiger partial charge on any atom is -0.465 e. The lowest BCUT2D eigenvalue weighted by Gasteiger charge is -2.25. The number of hydrogen-bond donors (Lipinski definition) is 1. The van der Waals surface area contributed by atoms with Gasteiger partial charge in [-0.25, -0.2) is 0 Å². The fourth-order valence-electron chi connectivity index (χ4n) is 1.97. The summed E-state index contributed by atoms with van der Waals surface area (Å²) in [5, 5.41) is 3.27. The van der Waals surface area contributed by atoms with Crippen LogP contribution in [0.25, 0.3) is 0 Å². The van der Waals surface area contributed by atoms with Crippen LogP contribution in [0.3, 0.4) is 0 Å². The molecule has 2 rings (SSSR count). The molecule has 0 bridgehead atoms. The van der Waals surface area contributed by atoms with E-state index >= 15 is 0 Å². The molecule has 1 N–H and O–H groups in total. The van der Waals surface area contributed by atoms with Crippen LogP contribution in [-0.4, -0.2) is 24.9 Å². The van der Waals surface area contributed by atoms with Crippen LogP contribution in [-0.2, 0) is 15.3 Å². The Morgan fingerprint density at radius 2 is 2.35 bits per heavy atom. The predicted molar refractivity (Wildman–Crippen MR) is 70.0 cm³/mol. The van der Waals surface area contributed by atoms with Gasteiger partial charge < -0.3 is 4.74 Å². The molecule has 0 spiro atoms. The topological polar surface area (TPSA) is 38.3 Å². The van der Waals surface area contributed by atoms with Gasteiger partial charge in [0.15, 0.2) is 0 Å². The Labute approximate surface area is 106 Å². The van der Waals surface area contributed by atoms with Gasteiger partial charge in [0.1, 0.15) is 0 Å². The number of ether oxygens (including phenoxy) is 1. The van der Waals surface area contributed by atoms with Gasteiger partial charge in [-0.1, -0.05) is 24.3 Å². The van der Waals surface area contributed by atoms with Gasteiger partial charge in [0, 0.05) is 17.5 Å². The molecule has 0 saturated heterocycles. The van der Waals surface area contributed by atoms with Crippen LogP contribution in [0.1, 0.15) is 24.1 Å². The molecule has 1 atom stereocenters. The number of rotatable bonds is 4. The Bertz CT molecular complexity index is 395. The summed E-state index contributed by atoms with van der Waals surface area (Å²) in [6.07, 6.45) is 0. The Kier molecular flexibility index (Phi) is 4.45. The molecular formula is C13H17NO2S. The summed E-state index contributed by atoms with van der Waals surface area (Å²) in [4.78, 5) is 11.3. The molecule has 1 heterocycles. The minimum absolute atomic E-state index is 0.180. The summed E-state index contributed by atoms with van der Waals surface area (Å²) in [7, 11) is 0. The first-order chi connectivity index (χ1) is 8.31. The van der Waals surface area contributed by atoms with Crippen LogP contribution >= 0.6 is 11.8 Å². The summed E-state index contributed by atoms with van der Waals surface area (Å²) >= 11 is 1.90. The standard InChI is InChI=1S/C13H17NO2S/c1-2-16-13(15)7-14-12-9-17-8-10-5-3-4-6-11(10)12/h3-6,12,14H,2,7-9H2,1H3. The van der Waals surface area contributed by atoms with E-state index < -0.39 is 0 Å². The molecule has 1 aromatic rings. The number of thioether (sulfide) groups is 1. The van der Waals surface area contributed by atoms with Crippen molar-refractivity contribution in [1.29, 1.82) is 0 Å². The molecular weight excluding hydrogens is 234 g/mol. The molecule has 1 unspecified atom stereocenters. The Hall–Kier alpha value is -1.00. The highest BCUT2D eigenvalue weighted by atomic mass is 32.2. The first-order valence-corrected chi connectivity index (χ1v) is 7.01. The van der Waals surface area contributed by atoms with E-state index in [1.807, 2.05) is 24.8 Å². The van der Waals surface area contributed by atoms with Gasteiger partial charge in [-0.05, 0) is 18.1 Å². The van der Waals surface area contributed by atoms with E-state index in [1.165, 1.54) is 11.1 Å². The second-order valence-electron chi connectivity index (χ2n) is 3.95. The monoisotopic (exact) mass is 251 g/mol. The maximum absolute atomic E-state index is 11.3. The van der Waals surface area contributed by atoms with Crippen molar-refractivity contribution < 1.29 is 9.53 Å². The highest BCUT2D eigenvalue weighted by molar-refractivity contribution is 7.98. The average Bonchev–Trinajstić information content (AvgIpc) is 2.36. The zero-order valence-corrected chi connectivity index (χ0v) is 10.8. The van der Waals surface area contributed by atoms with E-state index in [9.17, 15) is 4.79 Å². The van der Waals surface area contributed by atoms with Gasteiger partial charge in [-0.3, -0.25) is 10.1 Å². The van der Waals surface area contributed by atoms with Crippen molar-refractivity contribution in [3.63, 3.8) is 0 Å². The second-order valence-corrected chi connectivity index (χ2v) is 4.98. The molecule has 0 fully saturated rings. The van der Waals surface area contributed by atoms with Crippen molar-refractivity contribution >= 4 is 17.7 Å². The van der Waals surface area contributed by atoms with E-state index in [0.717, 1.165) is 11.5 Å². The SMILES string of the molecule is CCOC(=O)CNC1CSCc2ccccc21. The number of hydrogen-bond acceptors (Lipinski definition) is 4. The van der Waals surface area contributed by atoms with E-state index in [4.69, 9.17) is 4.74 Å². The Morgan fingerprint density at radius 1 is 1.53 bits per heavy atom. The van der Waals surface area contributed by atoms with Gasteiger partial charge >= 0.3 is 5.97 Å². The third-order valence-electron chi connectivity index (χ3n) is 2.77. The summed E-state index contributed by atoms with van der Waals surface area (Å²) in [6.45, 7) is 2.55. The lowest BCUT2D eigenvalue weighted by molar-refractivity contribution is -0.142. The molecule has 1 aliphatic rings. The van der Waals surface area contributed by atoms with E-state index in [0.29, 0.717) is 6.61 Å². The molecule has 1 aliphatic heterocycles. The lowest BCUT2D eigenvalue weighted by atomic mass is 10.0. The molecule has 0 aromatic heterocycles. The molecule has 3 nitrogen and oxygen atoms in total. The quantitative estimate of drug-likeness (QED) is 0.832. The number of benzene rings is 1. The van der Waals surface area contributed by atoms with Crippen molar-refractivity contribution in [2.75, 3.05) is 18.9 Å². The van der Waals surface area contributed by atoms with Crippen molar-refractivity contribution in [1.82, 2.24) is 5.32 Å². The molecule has 17 heavy (non-hydrogen) atoms. The van der Waals surface area contributed by atoms with Gasteiger partial charge in [-0.15, -0.1) is 0 Å². The van der Waals surface area contributed by atoms with E-state index in [-0.39, 0.29) is 18.6 Å². The first-order valence-electron chi connectivity index (χ1n) is 5.85. The van der Waals surface area contributed by atoms with Crippen LogP contribution in [0.15, 0.2) is 24.3 Å². The molecule has 1 aromatic carbocycles. The van der Waals surface area contributed by atoms with Gasteiger partial charge in [-0.2, -0.15) is 11.8 Å². The predicted octanol–water partition coefficient (Wildman–Crippen LogP) is 2.13. The summed E-state index contributed by atoms with van der Waals surface area (Å²) in [5.41, 5.74) is 2.68. The van der Waals surface area contributed by atoms with Crippen molar-refractivity contribution in [2.24, 2.45) is 0 Å². The summed E-state index contributed by atoms with van der Waals surface area (Å²) in [5.74, 6) is 1.89. The largest absolute Gasteiger partial charge is 0.465 e. The Balaban J connectivity index is 1.97. The van der Waals surface area contributed by atoms with E-state index in [1.54, 1.807) is 0 Å². The number of fused-ring (bicyclic) bond motifs is 1. The van der Waals surface area contributed by atoms with Crippen LogP contribution in [0.4, 0.5) is 0 Å². The van der Waals surface area contributed by atoms with Gasteiger partial charge in [0.2, 0.25) is 0 Å². The number of esters is 1. The highest BCUT2D eigenvalue weighted by Crippen LogP contribution is 2.31. The molecule has 0 aliphatic carbocycles. The fourth-order valence-corrected chi connectivity index (χ4v) is 3.10. The number of carbonyl (C=O) groups is 1. The maximum atomic E-state index is 11.3. The maximum Gasteiger partial charge on any atom is 0.319 e. The van der Waals surface area contributed by atoms with Gasteiger partial charge in [0.05, 0.1) is 13.2 Å². The van der Waals surface area contributed by atoms with Crippen LogP contribution in [0, 0.1) is 0 Å². The number of carbonyl (C=O) groups excluding carboxylic acids is 1. The molecule has 92 valence electrons. The smallest absolute Gasteiger partial charge is 0.319 e. The summed E-state index contributed by atoms with van der Waals surface area (Å²) in [6, 6.07) is 8.66. The minimum atomic E-state index is -0.180. The van der Waals surface area contributed by atoms with Crippen LogP contribution in [0.5, 0.6) is 0 Å². The van der Waals surface area contributed by atoms with Gasteiger partial charge in [0.25, 0.3) is 0 Å². The fraction of sp³-hybridized carbons (Fsp3) is 0.462. The van der Waals surface area contributed by atoms with Crippen LogP contribution in [0.2, 0.25) is 0 Å². The molecule has 4 heteroatoms. The van der Waals surface area contributed by atoms with E-state index in [2.05, 4.69) is 23.5 Å². The van der Waals surface area contributed by atoms with Crippen LogP contribution < -0.4 is 5.32 Å². The normalized spacial score (nSPS) is 18.5. The molecule has 0 saturated carbocycles. The zero-order chi connectivity index (χ0) is 12.1. The third-order valence-corrected chi connectivity index (χ3v) is 3.85. The third kappa shape index (κ3) is 3.23. The highest BCUT2D eigenvalue weighted by Gasteiger charge is 2.20. The van der Waals surface area contributed by atoms with Crippen molar-refractivity contribution in [3.8, 4) is 0 Å². The lowest BCUT2D eigenvalue weighted by Crippen LogP contribution is -2.32. The number of nitrogens with one attached hydrogen (secondary N) is 1. The zero-order valence-electron chi connectivity index (χ0n) is 9.94. The average molecular weight is 251 g/mol. The summed E-state index contributed by atoms with van der Waals surface area (Å²) < 4.78 is 4.91.